The van der Waals surface area contributed by atoms with Crippen LogP contribution in [0, 0.1) is 6.92 Å². The van der Waals surface area contributed by atoms with Crippen molar-refractivity contribution < 1.29 is 5.11 Å². The van der Waals surface area contributed by atoms with Gasteiger partial charge in [-0.05, 0) is 25.5 Å². The van der Waals surface area contributed by atoms with E-state index in [4.69, 9.17) is 11.6 Å². The van der Waals surface area contributed by atoms with Gasteiger partial charge >= 0.3 is 0 Å². The first-order chi connectivity index (χ1) is 9.08. The molecule has 2 aromatic carbocycles. The topological polar surface area (TPSA) is 32.3 Å². The molecule has 0 heterocycles. The second-order valence-electron chi connectivity index (χ2n) is 4.76. The molecule has 0 aliphatic carbocycles. The van der Waals surface area contributed by atoms with Crippen molar-refractivity contribution in [2.24, 2.45) is 0 Å². The number of phenolic OH excluding ortho intramolecular Hbond substituents is 1. The van der Waals surface area contributed by atoms with Gasteiger partial charge in [-0.2, -0.15) is 0 Å². The average Bonchev–Trinajstić information content (AvgIpc) is 2.41. The first-order valence-corrected chi connectivity index (χ1v) is 6.72. The maximum absolute atomic E-state index is 9.85. The van der Waals surface area contributed by atoms with Crippen molar-refractivity contribution in [3.8, 4) is 5.75 Å². The number of phenols is 1. The summed E-state index contributed by atoms with van der Waals surface area (Å²) in [5.41, 5.74) is 3.29. The predicted molar refractivity (Wildman–Crippen MR) is 79.6 cm³/mol. The molecule has 3 heteroatoms. The fraction of sp³-hybridized carbons (Fsp3) is 0.250. The van der Waals surface area contributed by atoms with Gasteiger partial charge in [-0.15, -0.1) is 0 Å². The zero-order chi connectivity index (χ0) is 13.8. The van der Waals surface area contributed by atoms with Gasteiger partial charge in [-0.3, -0.25) is 0 Å². The lowest BCUT2D eigenvalue weighted by molar-refractivity contribution is 0.460. The van der Waals surface area contributed by atoms with Crippen LogP contribution < -0.4 is 5.32 Å². The highest BCUT2D eigenvalue weighted by molar-refractivity contribution is 6.32. The van der Waals surface area contributed by atoms with Crippen LogP contribution in [0.2, 0.25) is 5.02 Å². The molecule has 0 aliphatic rings. The normalized spacial score (nSPS) is 12.4. The molecule has 100 valence electrons. The summed E-state index contributed by atoms with van der Waals surface area (Å²) < 4.78 is 0. The van der Waals surface area contributed by atoms with Crippen LogP contribution in [-0.2, 0) is 6.54 Å². The second-order valence-corrected chi connectivity index (χ2v) is 5.17. The molecule has 0 aromatic heterocycles. The van der Waals surface area contributed by atoms with Gasteiger partial charge in [-0.1, -0.05) is 53.6 Å². The first-order valence-electron chi connectivity index (χ1n) is 6.34. The van der Waals surface area contributed by atoms with Gasteiger partial charge < -0.3 is 10.4 Å². The van der Waals surface area contributed by atoms with E-state index in [1.165, 1.54) is 11.1 Å². The lowest BCUT2D eigenvalue weighted by Gasteiger charge is -2.15. The molecule has 0 aliphatic heterocycles. The van der Waals surface area contributed by atoms with Gasteiger partial charge in [0.1, 0.15) is 5.75 Å². The number of para-hydroxylation sites is 1. The van der Waals surface area contributed by atoms with E-state index in [-0.39, 0.29) is 11.8 Å². The Morgan fingerprint density at radius 1 is 1.16 bits per heavy atom. The Labute approximate surface area is 119 Å². The molecule has 2 N–H and O–H groups in total. The minimum atomic E-state index is 0.160. The number of aryl methyl sites for hydroxylation is 1. The molecular formula is C16H18ClNO. The van der Waals surface area contributed by atoms with Crippen LogP contribution in [-0.4, -0.2) is 5.11 Å². The molecule has 0 bridgehead atoms. The van der Waals surface area contributed by atoms with Crippen LogP contribution in [0.4, 0.5) is 0 Å². The van der Waals surface area contributed by atoms with Gasteiger partial charge in [0.2, 0.25) is 0 Å². The fourth-order valence-corrected chi connectivity index (χ4v) is 2.13. The van der Waals surface area contributed by atoms with Gasteiger partial charge in [0, 0.05) is 18.2 Å². The minimum Gasteiger partial charge on any atom is -0.506 e. The van der Waals surface area contributed by atoms with E-state index in [9.17, 15) is 5.11 Å². The summed E-state index contributed by atoms with van der Waals surface area (Å²) in [7, 11) is 0. The van der Waals surface area contributed by atoms with E-state index >= 15 is 0 Å². The summed E-state index contributed by atoms with van der Waals surface area (Å²) in [6.07, 6.45) is 0. The van der Waals surface area contributed by atoms with Crippen molar-refractivity contribution in [3.05, 3.63) is 64.2 Å². The van der Waals surface area contributed by atoms with Crippen LogP contribution in [0.3, 0.4) is 0 Å². The van der Waals surface area contributed by atoms with Gasteiger partial charge in [0.25, 0.3) is 0 Å². The quantitative estimate of drug-likeness (QED) is 0.876. The molecule has 2 rings (SSSR count). The standard InChI is InChI=1S/C16H18ClNO/c1-11-6-8-13(9-7-11)12(2)18-10-14-4-3-5-15(17)16(14)19/h3-9,12,18-19H,10H2,1-2H3/t12-/m0/s1. The van der Waals surface area contributed by atoms with Crippen LogP contribution >= 0.6 is 11.6 Å². The lowest BCUT2D eigenvalue weighted by atomic mass is 10.1. The van der Waals surface area contributed by atoms with Crippen molar-refractivity contribution in [1.82, 2.24) is 5.32 Å². The average molecular weight is 276 g/mol. The molecule has 2 nitrogen and oxygen atoms in total. The number of hydrogen-bond donors (Lipinski definition) is 2. The Morgan fingerprint density at radius 3 is 2.53 bits per heavy atom. The molecule has 0 unspecified atom stereocenters. The summed E-state index contributed by atoms with van der Waals surface area (Å²) in [6.45, 7) is 4.76. The molecule has 0 saturated carbocycles. The van der Waals surface area contributed by atoms with E-state index < -0.39 is 0 Å². The number of halogens is 1. The number of rotatable bonds is 4. The van der Waals surface area contributed by atoms with Gasteiger partial charge in [0.05, 0.1) is 5.02 Å². The van der Waals surface area contributed by atoms with Crippen LogP contribution in [0.25, 0.3) is 0 Å². The largest absolute Gasteiger partial charge is 0.506 e. The Kier molecular flexibility index (Phi) is 4.46. The Morgan fingerprint density at radius 2 is 1.84 bits per heavy atom. The summed E-state index contributed by atoms with van der Waals surface area (Å²) in [4.78, 5) is 0. The highest BCUT2D eigenvalue weighted by Gasteiger charge is 2.08. The Balaban J connectivity index is 2.02. The highest BCUT2D eigenvalue weighted by atomic mass is 35.5. The van der Waals surface area contributed by atoms with Gasteiger partial charge in [-0.25, -0.2) is 0 Å². The minimum absolute atomic E-state index is 0.160. The SMILES string of the molecule is Cc1ccc([C@H](C)NCc2cccc(Cl)c2O)cc1. The third kappa shape index (κ3) is 3.49. The smallest absolute Gasteiger partial charge is 0.138 e. The van der Waals surface area contributed by atoms with Crippen molar-refractivity contribution in [2.45, 2.75) is 26.4 Å². The van der Waals surface area contributed by atoms with Crippen molar-refractivity contribution in [2.75, 3.05) is 0 Å². The predicted octanol–water partition coefficient (Wildman–Crippen LogP) is 4.20. The molecule has 0 radical (unpaired) electrons. The number of nitrogens with one attached hydrogen (secondary N) is 1. The number of benzene rings is 2. The molecule has 0 saturated heterocycles. The van der Waals surface area contributed by atoms with E-state index in [1.807, 2.05) is 12.1 Å². The van der Waals surface area contributed by atoms with Crippen molar-refractivity contribution in [3.63, 3.8) is 0 Å². The molecule has 2 aromatic rings. The van der Waals surface area contributed by atoms with Crippen molar-refractivity contribution in [1.29, 1.82) is 0 Å². The molecule has 0 amide bonds. The van der Waals surface area contributed by atoms with Crippen LogP contribution in [0.5, 0.6) is 5.75 Å². The summed E-state index contributed by atoms with van der Waals surface area (Å²) in [6, 6.07) is 14.1. The number of hydrogen-bond acceptors (Lipinski definition) is 2. The Hall–Kier alpha value is -1.51. The van der Waals surface area contributed by atoms with E-state index in [2.05, 4.69) is 43.4 Å². The van der Waals surface area contributed by atoms with Crippen molar-refractivity contribution >= 4 is 11.6 Å². The van der Waals surface area contributed by atoms with Crippen LogP contribution in [0.1, 0.15) is 29.7 Å². The summed E-state index contributed by atoms with van der Waals surface area (Å²) in [5.74, 6) is 0.160. The zero-order valence-corrected chi connectivity index (χ0v) is 11.9. The summed E-state index contributed by atoms with van der Waals surface area (Å²) in [5, 5.41) is 13.6. The van der Waals surface area contributed by atoms with Crippen LogP contribution in [0.15, 0.2) is 42.5 Å². The molecule has 19 heavy (non-hydrogen) atoms. The Bertz CT molecular complexity index is 551. The lowest BCUT2D eigenvalue weighted by Crippen LogP contribution is -2.18. The molecule has 0 spiro atoms. The first kappa shape index (κ1) is 13.9. The third-order valence-corrected chi connectivity index (χ3v) is 3.55. The van der Waals surface area contributed by atoms with Gasteiger partial charge in [0.15, 0.2) is 0 Å². The molecule has 0 fully saturated rings. The second kappa shape index (κ2) is 6.09. The third-order valence-electron chi connectivity index (χ3n) is 3.25. The maximum atomic E-state index is 9.85. The van der Waals surface area contributed by atoms with E-state index in [0.29, 0.717) is 11.6 Å². The fourth-order valence-electron chi connectivity index (χ4n) is 1.94. The highest BCUT2D eigenvalue weighted by Crippen LogP contribution is 2.27. The monoisotopic (exact) mass is 275 g/mol. The zero-order valence-electron chi connectivity index (χ0n) is 11.2. The van der Waals surface area contributed by atoms with E-state index in [1.54, 1.807) is 6.07 Å². The molecule has 1 atom stereocenters. The molecular weight excluding hydrogens is 258 g/mol. The maximum Gasteiger partial charge on any atom is 0.138 e. The van der Waals surface area contributed by atoms with E-state index in [0.717, 1.165) is 5.56 Å². The summed E-state index contributed by atoms with van der Waals surface area (Å²) >= 11 is 5.89. The number of aromatic hydroxyl groups is 1.